The summed E-state index contributed by atoms with van der Waals surface area (Å²) in [6.07, 6.45) is 2.30. The summed E-state index contributed by atoms with van der Waals surface area (Å²) in [7, 11) is 0. The Labute approximate surface area is 180 Å². The third kappa shape index (κ3) is 2.99. The fraction of sp³-hybridized carbons (Fsp3) is 0.542. The lowest BCUT2D eigenvalue weighted by molar-refractivity contribution is -0.755. The number of nitrogens with zero attached hydrogens (tertiary/aromatic N) is 1. The van der Waals surface area contributed by atoms with E-state index in [1.54, 1.807) is 0 Å². The molecule has 3 aliphatic rings. The van der Waals surface area contributed by atoms with E-state index in [2.05, 4.69) is 88.7 Å². The molecular weight excluding hydrogens is 386 g/mol. The molecule has 1 aromatic heterocycles. The van der Waals surface area contributed by atoms with Crippen molar-refractivity contribution in [2.24, 2.45) is 5.41 Å². The summed E-state index contributed by atoms with van der Waals surface area (Å²) in [5, 5.41) is 0. The summed E-state index contributed by atoms with van der Waals surface area (Å²) in [6, 6.07) is 13.0. The van der Waals surface area contributed by atoms with Crippen LogP contribution in [-0.2, 0) is 9.47 Å². The molecule has 158 valence electrons. The molecule has 1 aromatic carbocycles. The third-order valence-electron chi connectivity index (χ3n) is 6.22. The molecule has 0 fully saturated rings. The molecule has 0 saturated heterocycles. The van der Waals surface area contributed by atoms with Gasteiger partial charge in [-0.25, -0.2) is 0 Å². The molecule has 1 aliphatic carbocycles. The van der Waals surface area contributed by atoms with E-state index < -0.39 is 5.79 Å². The Hall–Kier alpha value is -1.62. The van der Waals surface area contributed by atoms with Crippen molar-refractivity contribution in [1.29, 1.82) is 0 Å². The summed E-state index contributed by atoms with van der Waals surface area (Å²) < 4.78 is 21.8. The lowest BCUT2D eigenvalue weighted by atomic mass is 9.57. The number of hydrogen-bond acceptors (Lipinski definition) is 3. The second-order valence-corrected chi connectivity index (χ2v) is 8.55. The Morgan fingerprint density at radius 2 is 1.69 bits per heavy atom. The van der Waals surface area contributed by atoms with Crippen molar-refractivity contribution < 1.29 is 31.2 Å². The van der Waals surface area contributed by atoms with Crippen molar-refractivity contribution in [2.75, 3.05) is 13.2 Å². The minimum absolute atomic E-state index is 0. The lowest BCUT2D eigenvalue weighted by Crippen LogP contribution is -3.00. The molecule has 0 radical (unpaired) electrons. The van der Waals surface area contributed by atoms with Crippen LogP contribution in [0, 0.1) is 5.41 Å². The molecule has 2 aromatic rings. The maximum Gasteiger partial charge on any atom is 0.197 e. The second-order valence-electron chi connectivity index (χ2n) is 8.55. The first-order valence-electron chi connectivity index (χ1n) is 10.5. The predicted molar refractivity (Wildman–Crippen MR) is 109 cm³/mol. The van der Waals surface area contributed by atoms with Crippen molar-refractivity contribution in [3.8, 4) is 5.75 Å². The minimum Gasteiger partial charge on any atom is -1.00 e. The molecule has 29 heavy (non-hydrogen) atoms. The third-order valence-corrected chi connectivity index (χ3v) is 6.22. The van der Waals surface area contributed by atoms with E-state index in [0.29, 0.717) is 13.2 Å². The van der Waals surface area contributed by atoms with Gasteiger partial charge in [0.1, 0.15) is 11.7 Å². The average Bonchev–Trinajstić information content (AvgIpc) is 2.64. The maximum atomic E-state index is 6.54. The molecule has 4 nitrogen and oxygen atoms in total. The van der Waals surface area contributed by atoms with Gasteiger partial charge >= 0.3 is 0 Å². The van der Waals surface area contributed by atoms with Gasteiger partial charge in [0.25, 0.3) is 0 Å². The van der Waals surface area contributed by atoms with E-state index in [1.165, 1.54) is 16.8 Å². The van der Waals surface area contributed by atoms with Crippen LogP contribution in [-0.4, -0.2) is 25.1 Å². The molecule has 2 atom stereocenters. The Bertz CT molecular complexity index is 874. The molecule has 2 bridgehead atoms. The number of pyridine rings is 1. The first-order valence-corrected chi connectivity index (χ1v) is 10.5. The van der Waals surface area contributed by atoms with Gasteiger partial charge in [-0.15, -0.1) is 0 Å². The number of fused-ring (bicyclic) bond motifs is 1. The quantitative estimate of drug-likeness (QED) is 0.528. The van der Waals surface area contributed by atoms with Gasteiger partial charge in [-0.3, -0.25) is 0 Å². The van der Waals surface area contributed by atoms with Gasteiger partial charge < -0.3 is 26.6 Å². The van der Waals surface area contributed by atoms with Gasteiger partial charge in [-0.05, 0) is 47.6 Å². The summed E-state index contributed by atoms with van der Waals surface area (Å²) in [5.41, 5.74) is 3.49. The summed E-state index contributed by atoms with van der Waals surface area (Å²) >= 11 is 0. The Morgan fingerprint density at radius 1 is 1.00 bits per heavy atom. The molecule has 2 aliphatic heterocycles. The number of halogens is 1. The Morgan fingerprint density at radius 3 is 2.31 bits per heavy atom. The van der Waals surface area contributed by atoms with Crippen LogP contribution in [0.5, 0.6) is 5.75 Å². The van der Waals surface area contributed by atoms with E-state index in [-0.39, 0.29) is 35.9 Å². The standard InChI is InChI=1S/C24H32NO3.ClH/c1-7-26-24(27-8-2)21-18-13-9-10-15-25(18)22(23(24,5)6)17-12-11-14-19(20(17)21)28-16(3)4;/h9-16,21-22H,7-8H2,1-6H3;1H/q+1;/p-1. The number of ether oxygens (including phenoxy) is 3. The molecule has 5 rings (SSSR count). The zero-order valence-electron chi connectivity index (χ0n) is 18.2. The van der Waals surface area contributed by atoms with Gasteiger partial charge in [-0.2, -0.15) is 4.57 Å². The van der Waals surface area contributed by atoms with Gasteiger partial charge in [0, 0.05) is 36.5 Å². The largest absolute Gasteiger partial charge is 1.00 e. The van der Waals surface area contributed by atoms with Crippen molar-refractivity contribution in [1.82, 2.24) is 0 Å². The van der Waals surface area contributed by atoms with Crippen molar-refractivity contribution in [2.45, 2.75) is 65.4 Å². The van der Waals surface area contributed by atoms with Crippen LogP contribution in [0.4, 0.5) is 0 Å². The van der Waals surface area contributed by atoms with Crippen molar-refractivity contribution >= 4 is 0 Å². The smallest absolute Gasteiger partial charge is 0.197 e. The summed E-state index contributed by atoms with van der Waals surface area (Å²) in [6.45, 7) is 14.0. The monoisotopic (exact) mass is 417 g/mol. The fourth-order valence-corrected chi connectivity index (χ4v) is 5.40. The Balaban J connectivity index is 0.00000240. The zero-order chi connectivity index (χ0) is 20.1. The molecule has 3 heterocycles. The van der Waals surface area contributed by atoms with E-state index in [9.17, 15) is 0 Å². The number of rotatable bonds is 6. The highest BCUT2D eigenvalue weighted by molar-refractivity contribution is 5.53. The first kappa shape index (κ1) is 22.1. The predicted octanol–water partition coefficient (Wildman–Crippen LogP) is 1.61. The van der Waals surface area contributed by atoms with Crippen LogP contribution in [0.1, 0.15) is 70.3 Å². The van der Waals surface area contributed by atoms with E-state index in [0.717, 1.165) is 5.75 Å². The molecular formula is C24H32ClNO3. The van der Waals surface area contributed by atoms with Crippen LogP contribution in [0.2, 0.25) is 0 Å². The van der Waals surface area contributed by atoms with Crippen molar-refractivity contribution in [3.05, 3.63) is 59.4 Å². The van der Waals surface area contributed by atoms with Crippen LogP contribution < -0.4 is 21.7 Å². The highest BCUT2D eigenvalue weighted by Gasteiger charge is 2.71. The van der Waals surface area contributed by atoms with Crippen LogP contribution >= 0.6 is 0 Å². The van der Waals surface area contributed by atoms with E-state index in [4.69, 9.17) is 14.2 Å². The summed E-state index contributed by atoms with van der Waals surface area (Å²) in [5.74, 6) is 0.141. The Kier molecular flexibility index (Phi) is 6.01. The van der Waals surface area contributed by atoms with E-state index >= 15 is 0 Å². The van der Waals surface area contributed by atoms with Gasteiger partial charge in [0.2, 0.25) is 0 Å². The molecule has 0 amide bonds. The first-order chi connectivity index (χ1) is 13.4. The number of aromatic nitrogens is 1. The van der Waals surface area contributed by atoms with Crippen LogP contribution in [0.15, 0.2) is 42.6 Å². The van der Waals surface area contributed by atoms with Crippen LogP contribution in [0.25, 0.3) is 0 Å². The van der Waals surface area contributed by atoms with Crippen molar-refractivity contribution in [3.63, 3.8) is 0 Å². The summed E-state index contributed by atoms with van der Waals surface area (Å²) in [4.78, 5) is 0. The highest BCUT2D eigenvalue weighted by atomic mass is 35.5. The van der Waals surface area contributed by atoms with E-state index in [1.807, 2.05) is 0 Å². The molecule has 0 N–H and O–H groups in total. The lowest BCUT2D eigenvalue weighted by Gasteiger charge is -2.57. The molecule has 0 saturated carbocycles. The fourth-order valence-electron chi connectivity index (χ4n) is 5.40. The molecule has 0 spiro atoms. The van der Waals surface area contributed by atoms with Gasteiger partial charge in [0.15, 0.2) is 23.7 Å². The minimum atomic E-state index is -0.744. The van der Waals surface area contributed by atoms with Gasteiger partial charge in [-0.1, -0.05) is 18.2 Å². The van der Waals surface area contributed by atoms with Crippen LogP contribution in [0.3, 0.4) is 0 Å². The number of hydrogen-bond donors (Lipinski definition) is 0. The highest BCUT2D eigenvalue weighted by Crippen LogP contribution is 2.63. The number of benzene rings is 1. The van der Waals surface area contributed by atoms with Gasteiger partial charge in [0.05, 0.1) is 11.5 Å². The normalized spacial score (nSPS) is 22.6. The average molecular weight is 418 g/mol. The topological polar surface area (TPSA) is 31.6 Å². The molecule has 5 heteroatoms. The SMILES string of the molecule is CCOC1(OCC)C2c3c(OC(C)C)cccc3C([n+]3ccccc32)C1(C)C.[Cl-]. The zero-order valence-corrected chi connectivity index (χ0v) is 19.0. The second kappa shape index (κ2) is 7.90. The molecule has 2 unspecified atom stereocenters. The maximum absolute atomic E-state index is 6.54.